The highest BCUT2D eigenvalue weighted by Gasteiger charge is 2.66. The fraction of sp³-hybridized carbons (Fsp3) is 0.417. The van der Waals surface area contributed by atoms with Crippen molar-refractivity contribution in [3.8, 4) is 5.75 Å². The molecule has 1 amide bonds. The molecule has 10 heteroatoms. The van der Waals surface area contributed by atoms with Crippen LogP contribution in [0.4, 0.5) is 0 Å². The van der Waals surface area contributed by atoms with Gasteiger partial charge in [0.05, 0.1) is 11.5 Å². The lowest BCUT2D eigenvalue weighted by atomic mass is 9.55. The van der Waals surface area contributed by atoms with E-state index in [4.69, 9.17) is 10.5 Å². The van der Waals surface area contributed by atoms with E-state index in [2.05, 4.69) is 0 Å². The summed E-state index contributed by atoms with van der Waals surface area (Å²) in [7, 11) is 0. The number of benzene rings is 1. The lowest BCUT2D eigenvalue weighted by Gasteiger charge is -2.51. The number of ketones is 2. The number of aliphatic hydroxyl groups excluding tert-OH is 2. The average Bonchev–Trinajstić information content (AvgIpc) is 2.75. The minimum Gasteiger partial charge on any atom is -0.508 e. The minimum absolute atomic E-state index is 0.0314. The zero-order valence-corrected chi connectivity index (χ0v) is 18.7. The Labute approximate surface area is 194 Å². The Hall–Kier alpha value is -3.66. The molecule has 10 nitrogen and oxygen atoms in total. The number of fused-ring (bicyclic) bond motifs is 3. The van der Waals surface area contributed by atoms with Gasteiger partial charge in [-0.3, -0.25) is 19.2 Å². The van der Waals surface area contributed by atoms with Crippen LogP contribution in [0.15, 0.2) is 35.1 Å². The van der Waals surface area contributed by atoms with E-state index in [1.54, 1.807) is 32.9 Å². The zero-order valence-electron chi connectivity index (χ0n) is 18.7. The Kier molecular flexibility index (Phi) is 5.32. The van der Waals surface area contributed by atoms with Gasteiger partial charge in [-0.05, 0) is 17.5 Å². The van der Waals surface area contributed by atoms with Gasteiger partial charge in [-0.1, -0.05) is 32.9 Å². The molecule has 3 aliphatic carbocycles. The van der Waals surface area contributed by atoms with Crippen LogP contribution in [0.2, 0.25) is 0 Å². The summed E-state index contributed by atoms with van der Waals surface area (Å²) in [4.78, 5) is 50.8. The third-order valence-electron chi connectivity index (χ3n) is 7.06. The molecule has 0 aliphatic heterocycles. The van der Waals surface area contributed by atoms with Crippen LogP contribution in [0.5, 0.6) is 5.75 Å². The van der Waals surface area contributed by atoms with Gasteiger partial charge in [-0.15, -0.1) is 0 Å². The summed E-state index contributed by atoms with van der Waals surface area (Å²) in [6, 6.07) is 4.50. The highest BCUT2D eigenvalue weighted by molar-refractivity contribution is 6.23. The summed E-state index contributed by atoms with van der Waals surface area (Å²) < 4.78 is 5.70. The van der Waals surface area contributed by atoms with Crippen molar-refractivity contribution in [2.24, 2.45) is 23.5 Å². The third kappa shape index (κ3) is 2.98. The molecule has 0 spiro atoms. The van der Waals surface area contributed by atoms with Crippen molar-refractivity contribution in [1.29, 1.82) is 0 Å². The lowest BCUT2D eigenvalue weighted by Crippen LogP contribution is -2.64. The van der Waals surface area contributed by atoms with Gasteiger partial charge in [0.1, 0.15) is 28.9 Å². The van der Waals surface area contributed by atoms with Crippen molar-refractivity contribution in [3.05, 3.63) is 46.2 Å². The van der Waals surface area contributed by atoms with Crippen LogP contribution in [-0.2, 0) is 23.9 Å². The maximum atomic E-state index is 13.7. The number of rotatable bonds is 3. The maximum Gasteiger partial charge on any atom is 0.308 e. The second-order valence-electron chi connectivity index (χ2n) is 9.29. The number of ether oxygens (including phenoxy) is 1. The van der Waals surface area contributed by atoms with Gasteiger partial charge in [0.2, 0.25) is 5.78 Å². The first kappa shape index (κ1) is 23.5. The summed E-state index contributed by atoms with van der Waals surface area (Å²) in [6.07, 6.45) is -1.94. The molecule has 0 saturated heterocycles. The molecular formula is C24H25NO9. The van der Waals surface area contributed by atoms with Gasteiger partial charge < -0.3 is 30.9 Å². The van der Waals surface area contributed by atoms with Gasteiger partial charge >= 0.3 is 5.97 Å². The van der Waals surface area contributed by atoms with Crippen LogP contribution in [0, 0.1) is 17.8 Å². The summed E-state index contributed by atoms with van der Waals surface area (Å²) >= 11 is 0. The monoisotopic (exact) mass is 471 g/mol. The number of primary amides is 1. The molecule has 1 fully saturated rings. The number of phenols is 1. The number of phenolic OH excluding ortho intramolecular Hbond substituents is 1. The molecular weight excluding hydrogens is 446 g/mol. The lowest BCUT2D eigenvalue weighted by molar-refractivity contribution is -0.180. The number of Topliss-reactive ketones (excluding diaryl/α,β-unsaturated/α-hetero) is 2. The second-order valence-corrected chi connectivity index (χ2v) is 9.29. The first-order chi connectivity index (χ1) is 15.8. The van der Waals surface area contributed by atoms with Crippen molar-refractivity contribution < 1.29 is 44.3 Å². The number of amides is 1. The minimum atomic E-state index is -2.86. The molecule has 5 atom stereocenters. The molecule has 4 rings (SSSR count). The Balaban J connectivity index is 2.04. The quantitative estimate of drug-likeness (QED) is 0.319. The van der Waals surface area contributed by atoms with Gasteiger partial charge in [-0.2, -0.15) is 0 Å². The van der Waals surface area contributed by atoms with Crippen LogP contribution in [0.3, 0.4) is 0 Å². The molecule has 1 aromatic rings. The molecule has 1 saturated carbocycles. The molecule has 1 aromatic carbocycles. The summed E-state index contributed by atoms with van der Waals surface area (Å²) in [5, 5.41) is 43.8. The summed E-state index contributed by atoms with van der Waals surface area (Å²) in [6.45, 7) is 4.84. The van der Waals surface area contributed by atoms with Crippen LogP contribution in [0.25, 0.3) is 5.76 Å². The van der Waals surface area contributed by atoms with E-state index in [0.29, 0.717) is 5.56 Å². The fourth-order valence-electron chi connectivity index (χ4n) is 5.35. The normalized spacial score (nSPS) is 30.6. The third-order valence-corrected chi connectivity index (χ3v) is 7.06. The molecule has 0 aromatic heterocycles. The maximum absolute atomic E-state index is 13.7. The second kappa shape index (κ2) is 7.69. The van der Waals surface area contributed by atoms with Crippen LogP contribution in [0.1, 0.15) is 44.2 Å². The van der Waals surface area contributed by atoms with Crippen LogP contribution >= 0.6 is 0 Å². The molecule has 34 heavy (non-hydrogen) atoms. The van der Waals surface area contributed by atoms with E-state index in [1.807, 2.05) is 0 Å². The number of carbonyl (C=O) groups is 4. The number of esters is 1. The predicted octanol–water partition coefficient (Wildman–Crippen LogP) is 1.16. The van der Waals surface area contributed by atoms with Gasteiger partial charge in [-0.25, -0.2) is 0 Å². The molecule has 180 valence electrons. The van der Waals surface area contributed by atoms with E-state index >= 15 is 0 Å². The van der Waals surface area contributed by atoms with Gasteiger partial charge in [0, 0.05) is 23.8 Å². The van der Waals surface area contributed by atoms with Crippen LogP contribution in [-0.4, -0.2) is 55.6 Å². The first-order valence-electron chi connectivity index (χ1n) is 10.8. The summed E-state index contributed by atoms with van der Waals surface area (Å²) in [5.41, 5.74) is 1.48. The van der Waals surface area contributed by atoms with Crippen molar-refractivity contribution in [2.75, 3.05) is 0 Å². The molecule has 0 heterocycles. The molecule has 0 radical (unpaired) electrons. The fourth-order valence-corrected chi connectivity index (χ4v) is 5.35. The largest absolute Gasteiger partial charge is 0.508 e. The Morgan fingerprint density at radius 2 is 1.82 bits per heavy atom. The van der Waals surface area contributed by atoms with Crippen molar-refractivity contribution >= 4 is 29.2 Å². The topological polar surface area (TPSA) is 184 Å². The van der Waals surface area contributed by atoms with Gasteiger partial charge in [0.25, 0.3) is 5.91 Å². The van der Waals surface area contributed by atoms with E-state index in [1.165, 1.54) is 6.07 Å². The van der Waals surface area contributed by atoms with Crippen molar-refractivity contribution in [2.45, 2.75) is 44.8 Å². The van der Waals surface area contributed by atoms with Crippen molar-refractivity contribution in [3.63, 3.8) is 0 Å². The molecule has 5 unspecified atom stereocenters. The predicted molar refractivity (Wildman–Crippen MR) is 116 cm³/mol. The number of aliphatic hydroxyl groups is 3. The smallest absolute Gasteiger partial charge is 0.308 e. The standard InChI is InChI=1S/C24H25NO9/c1-8(2)23(32)34-19-11-7-13(27)16(22(25)31)20(29)24(11,33)21(30)17-14(19)9(3)10-5-4-6-12(26)15(10)18(17)28/h4-6,8-9,11,14,19,26,28-29,33H,7H2,1-3H3,(H2,25,31). The Morgan fingerprint density at radius 1 is 1.18 bits per heavy atom. The van der Waals surface area contributed by atoms with Gasteiger partial charge in [0.15, 0.2) is 11.4 Å². The number of aromatic hydroxyl groups is 1. The SMILES string of the molecule is CC(C)C(=O)OC1C2C(=C(O)c3c(O)cccc3C2C)C(=O)C2(O)C(O)=C(C(N)=O)C(=O)CC12. The Morgan fingerprint density at radius 3 is 2.41 bits per heavy atom. The highest BCUT2D eigenvalue weighted by atomic mass is 16.5. The number of hydrogen-bond acceptors (Lipinski definition) is 9. The highest BCUT2D eigenvalue weighted by Crippen LogP contribution is 2.56. The average molecular weight is 471 g/mol. The van der Waals surface area contributed by atoms with E-state index in [-0.39, 0.29) is 16.9 Å². The molecule has 0 bridgehead atoms. The zero-order chi connectivity index (χ0) is 25.3. The number of carbonyl (C=O) groups excluding carboxylic acids is 4. The Bertz CT molecular complexity index is 1210. The summed E-state index contributed by atoms with van der Waals surface area (Å²) in [5.74, 6) is -9.97. The molecule has 3 aliphatic rings. The van der Waals surface area contributed by atoms with Crippen molar-refractivity contribution in [1.82, 2.24) is 0 Å². The van der Waals surface area contributed by atoms with E-state index in [9.17, 15) is 39.6 Å². The van der Waals surface area contributed by atoms with E-state index in [0.717, 1.165) is 0 Å². The number of nitrogens with two attached hydrogens (primary N) is 1. The number of hydrogen-bond donors (Lipinski definition) is 5. The van der Waals surface area contributed by atoms with E-state index < -0.39 is 82.3 Å². The first-order valence-corrected chi connectivity index (χ1v) is 10.8. The molecule has 6 N–H and O–H groups in total. The van der Waals surface area contributed by atoms with Crippen LogP contribution < -0.4 is 5.73 Å².